The van der Waals surface area contributed by atoms with Gasteiger partial charge in [0, 0.05) is 17.5 Å². The Morgan fingerprint density at radius 3 is 2.29 bits per heavy atom. The van der Waals surface area contributed by atoms with Gasteiger partial charge in [-0.15, -0.1) is 0 Å². The van der Waals surface area contributed by atoms with Crippen LogP contribution in [0.2, 0.25) is 0 Å². The van der Waals surface area contributed by atoms with Crippen LogP contribution in [-0.4, -0.2) is 61.8 Å². The minimum Gasteiger partial charge on any atom is -0.396 e. The van der Waals surface area contributed by atoms with E-state index >= 15 is 0 Å². The maximum Gasteiger partial charge on any atom is 0.0505 e. The highest BCUT2D eigenvalue weighted by Crippen LogP contribution is 2.68. The van der Waals surface area contributed by atoms with Crippen molar-refractivity contribution in [3.05, 3.63) is 23.3 Å². The Labute approximate surface area is 192 Å². The Kier molecular flexibility index (Phi) is 6.06. The monoisotopic (exact) mass is 428 g/mol. The van der Waals surface area contributed by atoms with Gasteiger partial charge in [0.1, 0.15) is 0 Å². The molecule has 4 rings (SSSR count). The lowest BCUT2D eigenvalue weighted by atomic mass is 9.51. The molecule has 3 nitrogen and oxygen atoms in total. The van der Waals surface area contributed by atoms with Gasteiger partial charge in [0.05, 0.1) is 6.61 Å². The standard InChI is InChI=1S/C28H48N2O/c1-19(29(5)6)22-14-16-28(4)24-11-10-23-20(17-21(24)13-15-27(22,28)3)9-12-25(30(7)8)26(23,2)18-31/h13,17,19,22-25,31H,9-12,14-16,18H2,1-8H3/t19-,22+,23+,24-,25-,26-,27+,28-/m0/s1. The van der Waals surface area contributed by atoms with Gasteiger partial charge in [-0.3, -0.25) is 0 Å². The zero-order valence-electron chi connectivity index (χ0n) is 21.5. The molecule has 4 aliphatic rings. The van der Waals surface area contributed by atoms with Crippen molar-refractivity contribution < 1.29 is 5.11 Å². The van der Waals surface area contributed by atoms with Crippen molar-refractivity contribution in [2.45, 2.75) is 84.7 Å². The average Bonchev–Trinajstić information content (AvgIpc) is 2.86. The van der Waals surface area contributed by atoms with E-state index in [0.29, 0.717) is 41.4 Å². The molecule has 31 heavy (non-hydrogen) atoms. The van der Waals surface area contributed by atoms with Crippen LogP contribution < -0.4 is 0 Å². The van der Waals surface area contributed by atoms with E-state index in [1.54, 1.807) is 11.1 Å². The van der Waals surface area contributed by atoms with Crippen LogP contribution in [0.1, 0.15) is 72.6 Å². The summed E-state index contributed by atoms with van der Waals surface area (Å²) in [6.07, 6.45) is 14.1. The number of nitrogens with zero attached hydrogens (tertiary/aromatic N) is 2. The molecule has 8 atom stereocenters. The fourth-order valence-corrected chi connectivity index (χ4v) is 8.82. The molecule has 0 aromatic carbocycles. The molecule has 0 heterocycles. The van der Waals surface area contributed by atoms with Crippen LogP contribution in [-0.2, 0) is 0 Å². The molecular weight excluding hydrogens is 380 g/mol. The maximum absolute atomic E-state index is 10.6. The minimum absolute atomic E-state index is 0.0382. The second-order valence-corrected chi connectivity index (χ2v) is 12.7. The van der Waals surface area contributed by atoms with E-state index in [9.17, 15) is 5.11 Å². The molecule has 0 bridgehead atoms. The molecule has 1 N–H and O–H groups in total. The van der Waals surface area contributed by atoms with Crippen molar-refractivity contribution in [3.63, 3.8) is 0 Å². The van der Waals surface area contributed by atoms with Crippen molar-refractivity contribution in [3.8, 4) is 0 Å². The van der Waals surface area contributed by atoms with Gasteiger partial charge in [0.2, 0.25) is 0 Å². The second kappa shape index (κ2) is 7.99. The number of allylic oxidation sites excluding steroid dienone is 4. The van der Waals surface area contributed by atoms with Crippen LogP contribution in [0.4, 0.5) is 0 Å². The summed E-state index contributed by atoms with van der Waals surface area (Å²) in [5.74, 6) is 1.95. The zero-order valence-corrected chi connectivity index (χ0v) is 21.5. The summed E-state index contributed by atoms with van der Waals surface area (Å²) in [7, 11) is 8.91. The maximum atomic E-state index is 10.6. The van der Waals surface area contributed by atoms with E-state index < -0.39 is 0 Å². The third-order valence-electron chi connectivity index (χ3n) is 11.2. The summed E-state index contributed by atoms with van der Waals surface area (Å²) >= 11 is 0. The summed E-state index contributed by atoms with van der Waals surface area (Å²) in [5, 5.41) is 10.6. The Balaban J connectivity index is 1.68. The van der Waals surface area contributed by atoms with Gasteiger partial charge in [-0.1, -0.05) is 38.5 Å². The predicted molar refractivity (Wildman–Crippen MR) is 131 cm³/mol. The number of aliphatic hydroxyl groups is 1. The Morgan fingerprint density at radius 1 is 1.00 bits per heavy atom. The van der Waals surface area contributed by atoms with Crippen LogP contribution in [0, 0.1) is 34.0 Å². The molecule has 0 amide bonds. The van der Waals surface area contributed by atoms with Gasteiger partial charge in [-0.05, 0) is 114 Å². The summed E-state index contributed by atoms with van der Waals surface area (Å²) in [5.41, 5.74) is 3.99. The molecule has 0 aromatic rings. The highest BCUT2D eigenvalue weighted by molar-refractivity contribution is 5.37. The van der Waals surface area contributed by atoms with Crippen LogP contribution in [0.15, 0.2) is 23.3 Å². The van der Waals surface area contributed by atoms with Gasteiger partial charge in [-0.2, -0.15) is 0 Å². The molecule has 0 saturated heterocycles. The molecule has 176 valence electrons. The molecule has 0 radical (unpaired) electrons. The summed E-state index contributed by atoms with van der Waals surface area (Å²) in [6.45, 7) is 10.3. The average molecular weight is 429 g/mol. The van der Waals surface area contributed by atoms with E-state index in [1.165, 1.54) is 44.9 Å². The van der Waals surface area contributed by atoms with Crippen LogP contribution >= 0.6 is 0 Å². The number of fused-ring (bicyclic) bond motifs is 4. The molecule has 0 aliphatic heterocycles. The van der Waals surface area contributed by atoms with Crippen LogP contribution in [0.3, 0.4) is 0 Å². The minimum atomic E-state index is -0.0382. The Morgan fingerprint density at radius 2 is 1.68 bits per heavy atom. The molecule has 3 heteroatoms. The normalized spacial score (nSPS) is 46.0. The Bertz CT molecular complexity index is 754. The van der Waals surface area contributed by atoms with Gasteiger partial charge in [-0.25, -0.2) is 0 Å². The lowest BCUT2D eigenvalue weighted by Gasteiger charge is -2.54. The highest BCUT2D eigenvalue weighted by atomic mass is 16.3. The summed E-state index contributed by atoms with van der Waals surface area (Å²) in [4.78, 5) is 4.81. The number of rotatable bonds is 4. The molecule has 0 aromatic heterocycles. The van der Waals surface area contributed by atoms with E-state index in [0.717, 1.165) is 5.92 Å². The highest BCUT2D eigenvalue weighted by Gasteiger charge is 2.61. The van der Waals surface area contributed by atoms with E-state index in [4.69, 9.17) is 0 Å². The fraction of sp³-hybridized carbons (Fsp3) is 0.857. The summed E-state index contributed by atoms with van der Waals surface area (Å²) in [6, 6.07) is 1.10. The van der Waals surface area contributed by atoms with Crippen LogP contribution in [0.5, 0.6) is 0 Å². The van der Waals surface area contributed by atoms with E-state index in [2.05, 4.69) is 77.8 Å². The largest absolute Gasteiger partial charge is 0.396 e. The first-order valence-electron chi connectivity index (χ1n) is 12.8. The Hall–Kier alpha value is -0.640. The SMILES string of the molecule is C[C@@H]([C@H]1CC[C@@]2(C)[C@H]3CC[C@@H]4C(=CC3=CC[C@]12C)CC[C@H](N(C)C)[C@@]4(C)CO)N(C)C. The number of hydrogen-bond donors (Lipinski definition) is 1. The summed E-state index contributed by atoms with van der Waals surface area (Å²) < 4.78 is 0. The first kappa shape index (κ1) is 23.5. The molecule has 2 fully saturated rings. The fourth-order valence-electron chi connectivity index (χ4n) is 8.82. The zero-order chi connectivity index (χ0) is 22.8. The van der Waals surface area contributed by atoms with Crippen molar-refractivity contribution in [1.82, 2.24) is 9.80 Å². The molecular formula is C28H48N2O. The number of hydrogen-bond acceptors (Lipinski definition) is 3. The predicted octanol–water partition coefficient (Wildman–Crippen LogP) is 5.36. The topological polar surface area (TPSA) is 26.7 Å². The molecule has 2 saturated carbocycles. The van der Waals surface area contributed by atoms with Crippen molar-refractivity contribution in [1.29, 1.82) is 0 Å². The van der Waals surface area contributed by atoms with Gasteiger partial charge >= 0.3 is 0 Å². The second-order valence-electron chi connectivity index (χ2n) is 12.7. The first-order valence-corrected chi connectivity index (χ1v) is 12.8. The lowest BCUT2D eigenvalue weighted by molar-refractivity contribution is -0.0247. The molecule has 0 spiro atoms. The third-order valence-corrected chi connectivity index (χ3v) is 11.2. The van der Waals surface area contributed by atoms with Crippen LogP contribution in [0.25, 0.3) is 0 Å². The number of aliphatic hydroxyl groups excluding tert-OH is 1. The van der Waals surface area contributed by atoms with E-state index in [1.807, 2.05) is 0 Å². The van der Waals surface area contributed by atoms with Gasteiger partial charge < -0.3 is 14.9 Å². The van der Waals surface area contributed by atoms with Gasteiger partial charge in [0.15, 0.2) is 0 Å². The lowest BCUT2D eigenvalue weighted by Crippen LogP contribution is -2.52. The van der Waals surface area contributed by atoms with Gasteiger partial charge in [0.25, 0.3) is 0 Å². The van der Waals surface area contributed by atoms with Crippen molar-refractivity contribution in [2.24, 2.45) is 34.0 Å². The quantitative estimate of drug-likeness (QED) is 0.652. The van der Waals surface area contributed by atoms with Crippen molar-refractivity contribution >= 4 is 0 Å². The smallest absolute Gasteiger partial charge is 0.0505 e. The molecule has 0 unspecified atom stereocenters. The van der Waals surface area contributed by atoms with Crippen molar-refractivity contribution in [2.75, 3.05) is 34.8 Å². The third kappa shape index (κ3) is 3.32. The molecule has 4 aliphatic carbocycles. The first-order chi connectivity index (χ1) is 14.5. The van der Waals surface area contributed by atoms with E-state index in [-0.39, 0.29) is 5.41 Å².